The fraction of sp³-hybridized carbons (Fsp3) is 0.800. The fourth-order valence-corrected chi connectivity index (χ4v) is 7.25. The van der Waals surface area contributed by atoms with E-state index in [1.807, 2.05) is 14.1 Å². The molecule has 4 aliphatic carbocycles. The second kappa shape index (κ2) is 7.43. The van der Waals surface area contributed by atoms with Gasteiger partial charge in [0.25, 0.3) is 0 Å². The number of fused-ring (bicyclic) bond motifs is 5. The first-order chi connectivity index (χ1) is 13.7. The molecule has 29 heavy (non-hydrogen) atoms. The molecule has 0 aromatic carbocycles. The lowest BCUT2D eigenvalue weighted by atomic mass is 9.46. The van der Waals surface area contributed by atoms with E-state index in [0.29, 0.717) is 24.4 Å². The molecule has 3 fully saturated rings. The number of likely N-dealkylation sites (N-methyl/N-ethyl adjacent to an activating group) is 1. The lowest BCUT2D eigenvalue weighted by Crippen LogP contribution is -2.54. The van der Waals surface area contributed by atoms with Gasteiger partial charge in [0.1, 0.15) is 12.2 Å². The van der Waals surface area contributed by atoms with Crippen molar-refractivity contribution in [1.82, 2.24) is 4.90 Å². The molecule has 3 saturated carbocycles. The Bertz CT molecular complexity index is 750. The molecule has 0 bridgehead atoms. The smallest absolute Gasteiger partial charge is 0.130 e. The third-order valence-corrected chi connectivity index (χ3v) is 9.18. The van der Waals surface area contributed by atoms with Crippen LogP contribution in [0.15, 0.2) is 16.8 Å². The molecule has 4 nitrogen and oxygen atoms in total. The number of aliphatic hydroxyl groups is 1. The molecule has 4 heteroatoms. The van der Waals surface area contributed by atoms with Crippen LogP contribution in [0.1, 0.15) is 65.2 Å². The summed E-state index contributed by atoms with van der Waals surface area (Å²) in [5, 5.41) is 15.6. The summed E-state index contributed by atoms with van der Waals surface area (Å²) in [4.78, 5) is 7.67. The van der Waals surface area contributed by atoms with Gasteiger partial charge in [-0.05, 0) is 94.7 Å². The first-order valence-corrected chi connectivity index (χ1v) is 11.5. The number of hydrogen-bond donors (Lipinski definition) is 1. The van der Waals surface area contributed by atoms with Crippen LogP contribution >= 0.6 is 0 Å². The molecule has 0 aliphatic heterocycles. The third-order valence-electron chi connectivity index (χ3n) is 9.18. The minimum atomic E-state index is -0.907. The van der Waals surface area contributed by atoms with Crippen LogP contribution in [0.5, 0.6) is 0 Å². The normalized spacial score (nSPS) is 45.2. The van der Waals surface area contributed by atoms with Gasteiger partial charge in [-0.25, -0.2) is 0 Å². The SMILES string of the molecule is C#C[C@]1(O)CC[C@H]2[C@@H]3CCC4=C/C(=N/OCCN(C)C)CC[C@]4(C)[C@H]3CC[C@@]21C. The van der Waals surface area contributed by atoms with Crippen LogP contribution in [0.2, 0.25) is 0 Å². The molecule has 6 atom stereocenters. The lowest BCUT2D eigenvalue weighted by molar-refractivity contribution is -0.0987. The fourth-order valence-electron chi connectivity index (χ4n) is 7.25. The van der Waals surface area contributed by atoms with E-state index in [4.69, 9.17) is 11.3 Å². The van der Waals surface area contributed by atoms with Gasteiger partial charge in [-0.3, -0.25) is 0 Å². The number of rotatable bonds is 4. The number of hydrogen-bond acceptors (Lipinski definition) is 4. The molecule has 0 aromatic rings. The molecule has 0 aromatic heterocycles. The van der Waals surface area contributed by atoms with Crippen molar-refractivity contribution in [3.05, 3.63) is 11.6 Å². The summed E-state index contributed by atoms with van der Waals surface area (Å²) >= 11 is 0. The van der Waals surface area contributed by atoms with Gasteiger partial charge in [0.05, 0.1) is 5.71 Å². The highest BCUT2D eigenvalue weighted by molar-refractivity contribution is 5.96. The van der Waals surface area contributed by atoms with Crippen LogP contribution in [0.4, 0.5) is 0 Å². The predicted octanol–water partition coefficient (Wildman–Crippen LogP) is 4.25. The van der Waals surface area contributed by atoms with Crippen LogP contribution < -0.4 is 0 Å². The third kappa shape index (κ3) is 3.26. The molecular weight excluding hydrogens is 360 g/mol. The van der Waals surface area contributed by atoms with Gasteiger partial charge < -0.3 is 14.8 Å². The molecule has 1 N–H and O–H groups in total. The maximum atomic E-state index is 11.1. The molecule has 0 radical (unpaired) electrons. The van der Waals surface area contributed by atoms with Gasteiger partial charge >= 0.3 is 0 Å². The summed E-state index contributed by atoms with van der Waals surface area (Å²) in [5.41, 5.74) is 1.94. The van der Waals surface area contributed by atoms with Crippen molar-refractivity contribution in [2.24, 2.45) is 33.7 Å². The van der Waals surface area contributed by atoms with Crippen molar-refractivity contribution in [2.45, 2.75) is 70.8 Å². The maximum absolute atomic E-state index is 11.1. The standard InChI is InChI=1S/C25H38N2O2/c1-6-25(28)14-11-22-20-8-7-18-17-19(26-29-16-15-27(4)5)9-12-23(18,2)21(20)10-13-24(22,25)3/h1,17,20-22,28H,7-16H2,2-5H3/b26-19+/t20-,21+,22+,23+,24+,25+/m1/s1. The summed E-state index contributed by atoms with van der Waals surface area (Å²) in [6.07, 6.45) is 16.8. The second-order valence-electron chi connectivity index (χ2n) is 10.7. The Morgan fingerprint density at radius 3 is 2.66 bits per heavy atom. The summed E-state index contributed by atoms with van der Waals surface area (Å²) in [7, 11) is 4.10. The van der Waals surface area contributed by atoms with Crippen LogP contribution in [-0.2, 0) is 4.84 Å². The predicted molar refractivity (Wildman–Crippen MR) is 117 cm³/mol. The minimum Gasteiger partial charge on any atom is -0.394 e. The molecule has 4 rings (SSSR count). The van der Waals surface area contributed by atoms with Gasteiger partial charge in [-0.1, -0.05) is 30.5 Å². The Labute approximate surface area is 176 Å². The molecule has 0 amide bonds. The topological polar surface area (TPSA) is 45.1 Å². The molecule has 0 unspecified atom stereocenters. The van der Waals surface area contributed by atoms with E-state index in [0.717, 1.165) is 44.4 Å². The molecule has 0 saturated heterocycles. The molecule has 160 valence electrons. The number of nitrogens with zero attached hydrogens (tertiary/aromatic N) is 2. The van der Waals surface area contributed by atoms with Gasteiger partial charge in [0.15, 0.2) is 0 Å². The van der Waals surface area contributed by atoms with Crippen LogP contribution in [0.3, 0.4) is 0 Å². The van der Waals surface area contributed by atoms with Crippen molar-refractivity contribution >= 4 is 5.71 Å². The summed E-state index contributed by atoms with van der Waals surface area (Å²) in [6, 6.07) is 0. The van der Waals surface area contributed by atoms with Crippen molar-refractivity contribution < 1.29 is 9.94 Å². The number of allylic oxidation sites excluding steroid dienone is 2. The number of oxime groups is 1. The van der Waals surface area contributed by atoms with Crippen LogP contribution in [0.25, 0.3) is 0 Å². The van der Waals surface area contributed by atoms with Crippen LogP contribution in [0, 0.1) is 40.9 Å². The van der Waals surface area contributed by atoms with Crippen molar-refractivity contribution in [2.75, 3.05) is 27.2 Å². The largest absolute Gasteiger partial charge is 0.394 e. The summed E-state index contributed by atoms with van der Waals surface area (Å²) in [6.45, 7) is 6.29. The summed E-state index contributed by atoms with van der Waals surface area (Å²) in [5.74, 6) is 4.74. The van der Waals surface area contributed by atoms with Gasteiger partial charge in [0, 0.05) is 12.0 Å². The Morgan fingerprint density at radius 1 is 1.17 bits per heavy atom. The van der Waals surface area contributed by atoms with E-state index < -0.39 is 5.60 Å². The van der Waals surface area contributed by atoms with Crippen LogP contribution in [-0.4, -0.2) is 48.6 Å². The van der Waals surface area contributed by atoms with Crippen molar-refractivity contribution in [3.63, 3.8) is 0 Å². The Morgan fingerprint density at radius 2 is 1.93 bits per heavy atom. The average Bonchev–Trinajstić information content (AvgIpc) is 2.97. The van der Waals surface area contributed by atoms with E-state index in [9.17, 15) is 5.11 Å². The summed E-state index contributed by atoms with van der Waals surface area (Å²) < 4.78 is 0. The zero-order valence-electron chi connectivity index (χ0n) is 18.7. The Hall–Kier alpha value is -1.31. The second-order valence-corrected chi connectivity index (χ2v) is 10.7. The highest BCUT2D eigenvalue weighted by atomic mass is 16.6. The zero-order chi connectivity index (χ0) is 20.9. The van der Waals surface area contributed by atoms with E-state index in [2.05, 4.69) is 35.9 Å². The minimum absolute atomic E-state index is 0.109. The Balaban J connectivity index is 1.51. The van der Waals surface area contributed by atoms with E-state index in [1.165, 1.54) is 19.3 Å². The van der Waals surface area contributed by atoms with E-state index >= 15 is 0 Å². The first-order valence-electron chi connectivity index (χ1n) is 11.5. The average molecular weight is 399 g/mol. The van der Waals surface area contributed by atoms with Gasteiger partial charge in [-0.2, -0.15) is 0 Å². The first kappa shape index (κ1) is 20.9. The number of terminal acetylenes is 1. The van der Waals surface area contributed by atoms with E-state index in [-0.39, 0.29) is 10.8 Å². The zero-order valence-corrected chi connectivity index (χ0v) is 18.7. The maximum Gasteiger partial charge on any atom is 0.130 e. The quantitative estimate of drug-likeness (QED) is 0.437. The van der Waals surface area contributed by atoms with Gasteiger partial charge in [0.2, 0.25) is 0 Å². The van der Waals surface area contributed by atoms with E-state index in [1.54, 1.807) is 5.57 Å². The Kier molecular flexibility index (Phi) is 5.37. The monoisotopic (exact) mass is 398 g/mol. The lowest BCUT2D eigenvalue weighted by Gasteiger charge is -2.58. The molecule has 0 heterocycles. The van der Waals surface area contributed by atoms with Gasteiger partial charge in [-0.15, -0.1) is 6.42 Å². The van der Waals surface area contributed by atoms with Crippen molar-refractivity contribution in [3.8, 4) is 12.3 Å². The molecular formula is C25H38N2O2. The van der Waals surface area contributed by atoms with Crippen molar-refractivity contribution in [1.29, 1.82) is 0 Å². The highest BCUT2D eigenvalue weighted by Gasteiger charge is 2.63. The highest BCUT2D eigenvalue weighted by Crippen LogP contribution is 2.67. The molecule has 4 aliphatic rings. The molecule has 0 spiro atoms.